The SMILES string of the molecule is O=C(O)c1cc(NC(=O)c2ncn[nH]2)ccn1. The van der Waals surface area contributed by atoms with Gasteiger partial charge in [0.1, 0.15) is 12.0 Å². The van der Waals surface area contributed by atoms with E-state index in [0.29, 0.717) is 5.69 Å². The molecule has 1 amide bonds. The van der Waals surface area contributed by atoms with E-state index in [1.54, 1.807) is 0 Å². The third-order valence-corrected chi connectivity index (χ3v) is 1.87. The number of hydrogen-bond acceptors (Lipinski definition) is 5. The highest BCUT2D eigenvalue weighted by molar-refractivity contribution is 6.01. The number of nitrogens with zero attached hydrogens (tertiary/aromatic N) is 3. The monoisotopic (exact) mass is 233 g/mol. The Bertz CT molecular complexity index is 552. The molecule has 8 heteroatoms. The zero-order valence-corrected chi connectivity index (χ0v) is 8.41. The van der Waals surface area contributed by atoms with Crippen LogP contribution in [0.15, 0.2) is 24.7 Å². The lowest BCUT2D eigenvalue weighted by atomic mass is 10.3. The van der Waals surface area contributed by atoms with Gasteiger partial charge in [-0.05, 0) is 12.1 Å². The van der Waals surface area contributed by atoms with Crippen molar-refractivity contribution < 1.29 is 14.7 Å². The van der Waals surface area contributed by atoms with Gasteiger partial charge in [0.2, 0.25) is 5.82 Å². The van der Waals surface area contributed by atoms with Gasteiger partial charge in [-0.15, -0.1) is 0 Å². The van der Waals surface area contributed by atoms with E-state index in [9.17, 15) is 9.59 Å². The van der Waals surface area contributed by atoms with Crippen LogP contribution in [0.5, 0.6) is 0 Å². The molecule has 0 aromatic carbocycles. The van der Waals surface area contributed by atoms with Crippen molar-refractivity contribution in [1.29, 1.82) is 0 Å². The lowest BCUT2D eigenvalue weighted by Crippen LogP contribution is -2.14. The maximum Gasteiger partial charge on any atom is 0.354 e. The van der Waals surface area contributed by atoms with Crippen LogP contribution in [0, 0.1) is 0 Å². The predicted molar refractivity (Wildman–Crippen MR) is 55.5 cm³/mol. The number of H-pyrrole nitrogens is 1. The summed E-state index contributed by atoms with van der Waals surface area (Å²) in [7, 11) is 0. The van der Waals surface area contributed by atoms with Gasteiger partial charge >= 0.3 is 5.97 Å². The quantitative estimate of drug-likeness (QED) is 0.693. The molecule has 2 aromatic heterocycles. The molecule has 0 radical (unpaired) electrons. The second-order valence-electron chi connectivity index (χ2n) is 3.02. The summed E-state index contributed by atoms with van der Waals surface area (Å²) >= 11 is 0. The van der Waals surface area contributed by atoms with Crippen LogP contribution in [0.3, 0.4) is 0 Å². The van der Waals surface area contributed by atoms with E-state index in [2.05, 4.69) is 25.5 Å². The summed E-state index contributed by atoms with van der Waals surface area (Å²) in [5.41, 5.74) is 0.166. The highest BCUT2D eigenvalue weighted by Crippen LogP contribution is 2.08. The highest BCUT2D eigenvalue weighted by atomic mass is 16.4. The van der Waals surface area contributed by atoms with Crippen LogP contribution < -0.4 is 5.32 Å². The fourth-order valence-corrected chi connectivity index (χ4v) is 1.13. The number of nitrogens with one attached hydrogen (secondary N) is 2. The molecule has 0 aliphatic heterocycles. The largest absolute Gasteiger partial charge is 0.477 e. The number of aromatic amines is 1. The first kappa shape index (κ1) is 10.7. The zero-order chi connectivity index (χ0) is 12.3. The Labute approximate surface area is 94.7 Å². The number of aromatic nitrogens is 4. The van der Waals surface area contributed by atoms with Crippen LogP contribution >= 0.6 is 0 Å². The summed E-state index contributed by atoms with van der Waals surface area (Å²) < 4.78 is 0. The predicted octanol–water partition coefficient (Wildman–Crippen LogP) is 0.150. The van der Waals surface area contributed by atoms with Gasteiger partial charge < -0.3 is 10.4 Å². The number of amides is 1. The lowest BCUT2D eigenvalue weighted by Gasteiger charge is -2.02. The molecule has 86 valence electrons. The molecular weight excluding hydrogens is 226 g/mol. The van der Waals surface area contributed by atoms with Crippen LogP contribution in [0.1, 0.15) is 21.1 Å². The molecular formula is C9H7N5O3. The molecule has 0 atom stereocenters. The summed E-state index contributed by atoms with van der Waals surface area (Å²) in [5.74, 6) is -1.63. The van der Waals surface area contributed by atoms with Crippen molar-refractivity contribution in [2.75, 3.05) is 5.32 Å². The molecule has 0 aliphatic carbocycles. The number of carbonyl (C=O) groups is 2. The van der Waals surface area contributed by atoms with Crippen LogP contribution in [0.2, 0.25) is 0 Å². The van der Waals surface area contributed by atoms with Gasteiger partial charge in [0.05, 0.1) is 0 Å². The Balaban J connectivity index is 2.16. The Morgan fingerprint density at radius 1 is 1.35 bits per heavy atom. The van der Waals surface area contributed by atoms with Crippen molar-refractivity contribution >= 4 is 17.6 Å². The topological polar surface area (TPSA) is 121 Å². The second-order valence-corrected chi connectivity index (χ2v) is 3.02. The molecule has 2 aromatic rings. The van der Waals surface area contributed by atoms with Gasteiger partial charge in [-0.3, -0.25) is 9.89 Å². The Kier molecular flexibility index (Phi) is 2.77. The molecule has 0 unspecified atom stereocenters. The van der Waals surface area contributed by atoms with Gasteiger partial charge in [0, 0.05) is 11.9 Å². The average molecular weight is 233 g/mol. The third-order valence-electron chi connectivity index (χ3n) is 1.87. The number of anilines is 1. The standard InChI is InChI=1S/C9H7N5O3/c15-8(7-11-4-12-14-7)13-5-1-2-10-6(3-5)9(16)17/h1-4H,(H,16,17)(H,10,13,15)(H,11,12,14). The molecule has 2 heterocycles. The number of pyridine rings is 1. The maximum absolute atomic E-state index is 11.5. The van der Waals surface area contributed by atoms with Gasteiger partial charge in [-0.2, -0.15) is 5.10 Å². The smallest absolute Gasteiger partial charge is 0.354 e. The van der Waals surface area contributed by atoms with E-state index in [4.69, 9.17) is 5.11 Å². The van der Waals surface area contributed by atoms with Crippen LogP contribution in [-0.2, 0) is 0 Å². The summed E-state index contributed by atoms with van der Waals surface area (Å²) in [4.78, 5) is 29.5. The first-order valence-corrected chi connectivity index (χ1v) is 4.53. The van der Waals surface area contributed by atoms with Crippen molar-refractivity contribution in [3.8, 4) is 0 Å². The minimum absolute atomic E-state index is 0.0405. The van der Waals surface area contributed by atoms with Crippen LogP contribution in [0.4, 0.5) is 5.69 Å². The van der Waals surface area contributed by atoms with E-state index in [1.165, 1.54) is 24.7 Å². The molecule has 0 fully saturated rings. The molecule has 0 spiro atoms. The van der Waals surface area contributed by atoms with E-state index in [0.717, 1.165) is 0 Å². The van der Waals surface area contributed by atoms with Gasteiger partial charge in [-0.1, -0.05) is 0 Å². The average Bonchev–Trinajstić information content (AvgIpc) is 2.82. The number of carboxylic acid groups (broad SMARTS) is 1. The van der Waals surface area contributed by atoms with E-state index in [1.807, 2.05) is 0 Å². The Hall–Kier alpha value is -2.77. The molecule has 0 aliphatic rings. The molecule has 0 saturated heterocycles. The van der Waals surface area contributed by atoms with Crippen molar-refractivity contribution in [3.63, 3.8) is 0 Å². The van der Waals surface area contributed by atoms with Gasteiger partial charge in [-0.25, -0.2) is 14.8 Å². The number of carboxylic acids is 1. The second kappa shape index (κ2) is 4.39. The Morgan fingerprint density at radius 3 is 2.82 bits per heavy atom. The molecule has 0 bridgehead atoms. The highest BCUT2D eigenvalue weighted by Gasteiger charge is 2.10. The molecule has 17 heavy (non-hydrogen) atoms. The molecule has 2 rings (SSSR count). The fourth-order valence-electron chi connectivity index (χ4n) is 1.13. The van der Waals surface area contributed by atoms with Gasteiger partial charge in [0.15, 0.2) is 0 Å². The third kappa shape index (κ3) is 2.43. The molecule has 3 N–H and O–H groups in total. The van der Waals surface area contributed by atoms with E-state index < -0.39 is 11.9 Å². The zero-order valence-electron chi connectivity index (χ0n) is 8.41. The fraction of sp³-hybridized carbons (Fsp3) is 0. The van der Waals surface area contributed by atoms with Crippen LogP contribution in [0.25, 0.3) is 0 Å². The van der Waals surface area contributed by atoms with Crippen molar-refractivity contribution in [2.24, 2.45) is 0 Å². The number of hydrogen-bond donors (Lipinski definition) is 3. The lowest BCUT2D eigenvalue weighted by molar-refractivity contribution is 0.0690. The van der Waals surface area contributed by atoms with Crippen molar-refractivity contribution in [2.45, 2.75) is 0 Å². The summed E-state index contributed by atoms with van der Waals surface area (Å²) in [5, 5.41) is 17.1. The van der Waals surface area contributed by atoms with Crippen molar-refractivity contribution in [3.05, 3.63) is 36.2 Å². The first-order valence-electron chi connectivity index (χ1n) is 4.53. The minimum atomic E-state index is -1.17. The molecule has 8 nitrogen and oxygen atoms in total. The number of rotatable bonds is 3. The summed E-state index contributed by atoms with van der Waals surface area (Å²) in [6.45, 7) is 0. The first-order chi connectivity index (χ1) is 8.16. The van der Waals surface area contributed by atoms with E-state index in [-0.39, 0.29) is 11.5 Å². The van der Waals surface area contributed by atoms with Crippen LogP contribution in [-0.4, -0.2) is 37.1 Å². The van der Waals surface area contributed by atoms with E-state index >= 15 is 0 Å². The minimum Gasteiger partial charge on any atom is -0.477 e. The number of carbonyl (C=O) groups excluding carboxylic acids is 1. The Morgan fingerprint density at radius 2 is 2.18 bits per heavy atom. The molecule has 0 saturated carbocycles. The normalized spacial score (nSPS) is 9.88. The summed E-state index contributed by atoms with van der Waals surface area (Å²) in [6, 6.07) is 2.72. The summed E-state index contributed by atoms with van der Waals surface area (Å²) in [6.07, 6.45) is 2.49. The number of aromatic carboxylic acids is 1. The maximum atomic E-state index is 11.5. The van der Waals surface area contributed by atoms with Gasteiger partial charge in [0.25, 0.3) is 5.91 Å². The van der Waals surface area contributed by atoms with Crippen molar-refractivity contribution in [1.82, 2.24) is 20.2 Å².